The van der Waals surface area contributed by atoms with Crippen molar-refractivity contribution in [3.63, 3.8) is 0 Å². The number of halogens is 1. The van der Waals surface area contributed by atoms with Gasteiger partial charge in [-0.05, 0) is 36.8 Å². The Balaban J connectivity index is 1.70. The summed E-state index contributed by atoms with van der Waals surface area (Å²) in [5.41, 5.74) is 0. The number of hydrogen-bond acceptors (Lipinski definition) is 5. The van der Waals surface area contributed by atoms with Crippen LogP contribution >= 0.6 is 0 Å². The van der Waals surface area contributed by atoms with Crippen molar-refractivity contribution in [3.05, 3.63) is 48.3 Å². The second-order valence-electron chi connectivity index (χ2n) is 5.34. The van der Waals surface area contributed by atoms with Gasteiger partial charge in [0.25, 0.3) is 0 Å². The average molecular weight is 316 g/mol. The third-order valence-corrected chi connectivity index (χ3v) is 3.79. The highest BCUT2D eigenvalue weighted by Gasteiger charge is 2.29. The largest absolute Gasteiger partial charge is 0.469 e. The lowest BCUT2D eigenvalue weighted by Gasteiger charge is -2.17. The Kier molecular flexibility index (Phi) is 4.41. The monoisotopic (exact) mass is 316 g/mol. The number of anilines is 1. The Labute approximate surface area is 133 Å². The zero-order valence-electron chi connectivity index (χ0n) is 12.7. The van der Waals surface area contributed by atoms with Gasteiger partial charge in [0.1, 0.15) is 17.4 Å². The predicted molar refractivity (Wildman–Crippen MR) is 83.0 cm³/mol. The van der Waals surface area contributed by atoms with Gasteiger partial charge < -0.3 is 14.4 Å². The minimum absolute atomic E-state index is 0.122. The highest BCUT2D eigenvalue weighted by atomic mass is 19.1. The van der Waals surface area contributed by atoms with E-state index >= 15 is 0 Å². The van der Waals surface area contributed by atoms with Crippen LogP contribution in [0.1, 0.15) is 6.42 Å². The van der Waals surface area contributed by atoms with Crippen LogP contribution in [0, 0.1) is 11.7 Å². The van der Waals surface area contributed by atoms with Crippen LogP contribution in [0.4, 0.5) is 10.2 Å². The van der Waals surface area contributed by atoms with Gasteiger partial charge in [-0.15, -0.1) is 0 Å². The Morgan fingerprint density at radius 3 is 2.78 bits per heavy atom. The number of benzene rings is 1. The fraction of sp³-hybridized carbons (Fsp3) is 0.294. The van der Waals surface area contributed by atoms with Crippen molar-refractivity contribution < 1.29 is 18.7 Å². The quantitative estimate of drug-likeness (QED) is 0.812. The third kappa shape index (κ3) is 3.59. The molecule has 23 heavy (non-hydrogen) atoms. The van der Waals surface area contributed by atoms with Gasteiger partial charge in [0.05, 0.1) is 13.0 Å². The average Bonchev–Trinajstić information content (AvgIpc) is 3.07. The van der Waals surface area contributed by atoms with Crippen LogP contribution in [0.25, 0.3) is 0 Å². The number of hydrogen-bond donors (Lipinski definition) is 0. The number of pyridine rings is 1. The number of carbonyl (C=O) groups is 1. The molecule has 2 heterocycles. The van der Waals surface area contributed by atoms with E-state index in [9.17, 15) is 9.18 Å². The molecular formula is C17H17FN2O3. The third-order valence-electron chi connectivity index (χ3n) is 3.79. The van der Waals surface area contributed by atoms with Crippen LogP contribution in [0.2, 0.25) is 0 Å². The summed E-state index contributed by atoms with van der Waals surface area (Å²) in [5, 5.41) is 0. The normalized spacial score (nSPS) is 17.1. The van der Waals surface area contributed by atoms with Gasteiger partial charge in [0, 0.05) is 19.2 Å². The molecular weight excluding hydrogens is 299 g/mol. The van der Waals surface area contributed by atoms with Gasteiger partial charge in [-0.3, -0.25) is 4.79 Å². The molecule has 6 heteroatoms. The minimum Gasteiger partial charge on any atom is -0.469 e. The van der Waals surface area contributed by atoms with Crippen LogP contribution in [-0.2, 0) is 9.53 Å². The lowest BCUT2D eigenvalue weighted by atomic mass is 10.1. The topological polar surface area (TPSA) is 51.7 Å². The van der Waals surface area contributed by atoms with Crippen LogP contribution in [-0.4, -0.2) is 31.2 Å². The summed E-state index contributed by atoms with van der Waals surface area (Å²) >= 11 is 0. The summed E-state index contributed by atoms with van der Waals surface area (Å²) in [6.07, 6.45) is 0.747. The van der Waals surface area contributed by atoms with Crippen LogP contribution in [0.3, 0.4) is 0 Å². The number of esters is 1. The number of aromatic nitrogens is 1. The molecule has 3 rings (SSSR count). The Morgan fingerprint density at radius 1 is 1.26 bits per heavy atom. The second kappa shape index (κ2) is 6.64. The number of nitrogens with zero attached hydrogens (tertiary/aromatic N) is 2. The first-order valence-electron chi connectivity index (χ1n) is 7.39. The van der Waals surface area contributed by atoms with E-state index < -0.39 is 0 Å². The van der Waals surface area contributed by atoms with E-state index in [1.54, 1.807) is 18.2 Å². The molecule has 1 fully saturated rings. The molecule has 0 spiro atoms. The maximum atomic E-state index is 12.9. The Hall–Kier alpha value is -2.63. The standard InChI is InChI=1S/C17H17FN2O3/c1-22-17(21)12-9-10-20(11-12)15-3-2-4-16(19-15)23-14-7-5-13(18)6-8-14/h2-8,12H,9-11H2,1H3. The van der Waals surface area contributed by atoms with E-state index in [0.29, 0.717) is 18.2 Å². The van der Waals surface area contributed by atoms with Gasteiger partial charge in [-0.25, -0.2) is 4.39 Å². The number of ether oxygens (including phenoxy) is 2. The molecule has 1 aromatic carbocycles. The highest BCUT2D eigenvalue weighted by molar-refractivity contribution is 5.74. The molecule has 1 aliphatic heterocycles. The first kappa shape index (κ1) is 15.3. The molecule has 1 aromatic heterocycles. The van der Waals surface area contributed by atoms with E-state index in [1.165, 1.54) is 19.2 Å². The number of methoxy groups -OCH3 is 1. The van der Waals surface area contributed by atoms with Crippen molar-refractivity contribution in [2.75, 3.05) is 25.1 Å². The first-order valence-corrected chi connectivity index (χ1v) is 7.39. The molecule has 120 valence electrons. The van der Waals surface area contributed by atoms with E-state index in [1.807, 2.05) is 17.0 Å². The van der Waals surface area contributed by atoms with E-state index in [2.05, 4.69) is 4.98 Å². The van der Waals surface area contributed by atoms with Crippen LogP contribution in [0.15, 0.2) is 42.5 Å². The van der Waals surface area contributed by atoms with Crippen molar-refractivity contribution in [2.45, 2.75) is 6.42 Å². The molecule has 0 N–H and O–H groups in total. The van der Waals surface area contributed by atoms with Gasteiger partial charge in [0.2, 0.25) is 5.88 Å². The lowest BCUT2D eigenvalue weighted by Crippen LogP contribution is -2.24. The summed E-state index contributed by atoms with van der Waals surface area (Å²) in [7, 11) is 1.40. The van der Waals surface area contributed by atoms with E-state index in [-0.39, 0.29) is 17.7 Å². The van der Waals surface area contributed by atoms with Crippen molar-refractivity contribution in [1.82, 2.24) is 4.98 Å². The highest BCUT2D eigenvalue weighted by Crippen LogP contribution is 2.26. The van der Waals surface area contributed by atoms with Gasteiger partial charge in [-0.2, -0.15) is 4.98 Å². The molecule has 1 aliphatic rings. The summed E-state index contributed by atoms with van der Waals surface area (Å²) in [5.74, 6) is 1.07. The maximum Gasteiger partial charge on any atom is 0.310 e. The Bertz CT molecular complexity index is 690. The fourth-order valence-corrected chi connectivity index (χ4v) is 2.59. The van der Waals surface area contributed by atoms with E-state index in [4.69, 9.17) is 9.47 Å². The van der Waals surface area contributed by atoms with Crippen molar-refractivity contribution in [2.24, 2.45) is 5.92 Å². The van der Waals surface area contributed by atoms with E-state index in [0.717, 1.165) is 18.8 Å². The zero-order valence-corrected chi connectivity index (χ0v) is 12.7. The molecule has 1 saturated heterocycles. The second-order valence-corrected chi connectivity index (χ2v) is 5.34. The summed E-state index contributed by atoms with van der Waals surface area (Å²) in [6, 6.07) is 11.2. The molecule has 0 saturated carbocycles. The smallest absolute Gasteiger partial charge is 0.310 e. The fourth-order valence-electron chi connectivity index (χ4n) is 2.59. The Morgan fingerprint density at radius 2 is 2.04 bits per heavy atom. The van der Waals surface area contributed by atoms with Gasteiger partial charge in [0.15, 0.2) is 0 Å². The summed E-state index contributed by atoms with van der Waals surface area (Å²) in [6.45, 7) is 1.33. The molecule has 0 amide bonds. The summed E-state index contributed by atoms with van der Waals surface area (Å²) < 4.78 is 23.3. The lowest BCUT2D eigenvalue weighted by molar-refractivity contribution is -0.144. The SMILES string of the molecule is COC(=O)C1CCN(c2cccc(Oc3ccc(F)cc3)n2)C1. The number of carbonyl (C=O) groups excluding carboxylic acids is 1. The van der Waals surface area contributed by atoms with Crippen molar-refractivity contribution >= 4 is 11.8 Å². The first-order chi connectivity index (χ1) is 11.2. The summed E-state index contributed by atoms with van der Waals surface area (Å²) in [4.78, 5) is 18.1. The predicted octanol–water partition coefficient (Wildman–Crippen LogP) is 3.01. The maximum absolute atomic E-state index is 12.9. The molecule has 0 radical (unpaired) electrons. The molecule has 2 aromatic rings. The molecule has 0 bridgehead atoms. The van der Waals surface area contributed by atoms with Crippen molar-refractivity contribution in [3.8, 4) is 11.6 Å². The van der Waals surface area contributed by atoms with Gasteiger partial charge in [-0.1, -0.05) is 6.07 Å². The molecule has 0 aliphatic carbocycles. The zero-order chi connectivity index (χ0) is 16.2. The minimum atomic E-state index is -0.315. The van der Waals surface area contributed by atoms with Crippen LogP contribution < -0.4 is 9.64 Å². The number of rotatable bonds is 4. The van der Waals surface area contributed by atoms with Gasteiger partial charge >= 0.3 is 5.97 Å². The van der Waals surface area contributed by atoms with Crippen LogP contribution in [0.5, 0.6) is 11.6 Å². The van der Waals surface area contributed by atoms with Crippen molar-refractivity contribution in [1.29, 1.82) is 0 Å². The molecule has 5 nitrogen and oxygen atoms in total. The molecule has 1 atom stereocenters. The molecule has 1 unspecified atom stereocenters.